The number of halogens is 1. The second kappa shape index (κ2) is 8.25. The minimum atomic E-state index is -0.131. The average Bonchev–Trinajstić information content (AvgIpc) is 2.61. The maximum Gasteiger partial charge on any atom is 0.258 e. The van der Waals surface area contributed by atoms with Crippen LogP contribution in [0, 0.1) is 0 Å². The molecule has 0 fully saturated rings. The third-order valence-corrected chi connectivity index (χ3v) is 4.15. The minimum absolute atomic E-state index is 0.131. The fraction of sp³-hybridized carbons (Fsp3) is 0.263. The fourth-order valence-corrected chi connectivity index (χ4v) is 2.87. The molecule has 130 valence electrons. The quantitative estimate of drug-likeness (QED) is 0.652. The van der Waals surface area contributed by atoms with Gasteiger partial charge in [0, 0.05) is 39.0 Å². The highest BCUT2D eigenvalue weighted by molar-refractivity contribution is 6.30. The number of hydrogen-bond donors (Lipinski definition) is 0. The second-order valence-electron chi connectivity index (χ2n) is 5.85. The Kier molecular flexibility index (Phi) is 5.81. The predicted octanol–water partition coefficient (Wildman–Crippen LogP) is 3.00. The Hall–Kier alpha value is -2.21. The van der Waals surface area contributed by atoms with Gasteiger partial charge in [-0.05, 0) is 17.7 Å². The molecule has 3 rings (SSSR count). The van der Waals surface area contributed by atoms with Crippen molar-refractivity contribution in [3.8, 4) is 0 Å². The van der Waals surface area contributed by atoms with Crippen molar-refractivity contribution in [3.05, 3.63) is 81.4 Å². The summed E-state index contributed by atoms with van der Waals surface area (Å²) in [5.74, 6) is 0. The molecule has 0 aliphatic rings. The van der Waals surface area contributed by atoms with Crippen molar-refractivity contribution in [2.75, 3.05) is 20.3 Å². The zero-order valence-corrected chi connectivity index (χ0v) is 14.8. The third kappa shape index (κ3) is 4.66. The van der Waals surface area contributed by atoms with Crippen LogP contribution in [-0.4, -0.2) is 34.5 Å². The van der Waals surface area contributed by atoms with E-state index in [9.17, 15) is 4.79 Å². The second-order valence-corrected chi connectivity index (χ2v) is 6.29. The van der Waals surface area contributed by atoms with Crippen molar-refractivity contribution in [3.63, 3.8) is 0 Å². The van der Waals surface area contributed by atoms with Gasteiger partial charge >= 0.3 is 0 Å². The summed E-state index contributed by atoms with van der Waals surface area (Å²) >= 11 is 5.95. The van der Waals surface area contributed by atoms with Crippen LogP contribution < -0.4 is 5.56 Å². The molecule has 25 heavy (non-hydrogen) atoms. The molecule has 3 aromatic rings. The van der Waals surface area contributed by atoms with Gasteiger partial charge in [0.05, 0.1) is 17.3 Å². The Bertz CT molecular complexity index is 896. The number of fused-ring (bicyclic) bond motifs is 1. The Morgan fingerprint density at radius 2 is 1.96 bits per heavy atom. The van der Waals surface area contributed by atoms with Gasteiger partial charge in [0.2, 0.25) is 0 Å². The van der Waals surface area contributed by atoms with Crippen molar-refractivity contribution in [1.29, 1.82) is 0 Å². The van der Waals surface area contributed by atoms with Gasteiger partial charge in [-0.15, -0.1) is 0 Å². The van der Waals surface area contributed by atoms with Gasteiger partial charge in [-0.25, -0.2) is 4.98 Å². The molecule has 2 aromatic heterocycles. The van der Waals surface area contributed by atoms with Crippen LogP contribution in [0.3, 0.4) is 0 Å². The normalized spacial score (nSPS) is 11.3. The number of aromatic nitrogens is 2. The third-order valence-electron chi connectivity index (χ3n) is 3.92. The highest BCUT2D eigenvalue weighted by atomic mass is 35.5. The van der Waals surface area contributed by atoms with Gasteiger partial charge in [-0.1, -0.05) is 41.9 Å². The van der Waals surface area contributed by atoms with Crippen LogP contribution in [0.2, 0.25) is 5.02 Å². The van der Waals surface area contributed by atoms with Crippen LogP contribution >= 0.6 is 11.6 Å². The first kappa shape index (κ1) is 17.6. The number of nitrogens with zero attached hydrogens (tertiary/aromatic N) is 3. The topological polar surface area (TPSA) is 46.8 Å². The number of ether oxygens (including phenoxy) is 1. The molecule has 0 saturated heterocycles. The standard InChI is InChI=1S/C19H20ClN3O2/c1-25-10-9-22(12-15-5-3-2-4-6-15)14-17-11-19(24)23-13-16(20)7-8-18(23)21-17/h2-8,11,13H,9-10,12,14H2,1H3. The first-order valence-electron chi connectivity index (χ1n) is 8.09. The maximum absolute atomic E-state index is 12.3. The Balaban J connectivity index is 1.84. The average molecular weight is 358 g/mol. The van der Waals surface area contributed by atoms with Crippen LogP contribution in [-0.2, 0) is 17.8 Å². The molecule has 0 aliphatic heterocycles. The summed E-state index contributed by atoms with van der Waals surface area (Å²) in [4.78, 5) is 19.1. The van der Waals surface area contributed by atoms with Crippen LogP contribution in [0.25, 0.3) is 5.65 Å². The highest BCUT2D eigenvalue weighted by Gasteiger charge is 2.10. The lowest BCUT2D eigenvalue weighted by molar-refractivity contribution is 0.139. The van der Waals surface area contributed by atoms with Gasteiger partial charge < -0.3 is 4.74 Å². The van der Waals surface area contributed by atoms with Crippen molar-refractivity contribution in [2.45, 2.75) is 13.1 Å². The molecule has 0 amide bonds. The highest BCUT2D eigenvalue weighted by Crippen LogP contribution is 2.11. The molecule has 0 N–H and O–H groups in total. The van der Waals surface area contributed by atoms with Crippen molar-refractivity contribution in [1.82, 2.24) is 14.3 Å². The molecule has 5 nitrogen and oxygen atoms in total. The summed E-state index contributed by atoms with van der Waals surface area (Å²) in [6, 6.07) is 15.3. The fourth-order valence-electron chi connectivity index (χ4n) is 2.71. The van der Waals surface area contributed by atoms with E-state index in [1.165, 1.54) is 9.96 Å². The molecule has 0 aliphatic carbocycles. The van der Waals surface area contributed by atoms with Crippen LogP contribution in [0.15, 0.2) is 59.5 Å². The first-order valence-corrected chi connectivity index (χ1v) is 8.46. The molecule has 6 heteroatoms. The van der Waals surface area contributed by atoms with Gasteiger partial charge in [0.25, 0.3) is 5.56 Å². The van der Waals surface area contributed by atoms with E-state index in [4.69, 9.17) is 16.3 Å². The molecule has 0 radical (unpaired) electrons. The summed E-state index contributed by atoms with van der Waals surface area (Å²) in [5.41, 5.74) is 2.41. The Morgan fingerprint density at radius 1 is 1.16 bits per heavy atom. The summed E-state index contributed by atoms with van der Waals surface area (Å²) in [6.45, 7) is 2.72. The summed E-state index contributed by atoms with van der Waals surface area (Å²) in [6.07, 6.45) is 1.59. The van der Waals surface area contributed by atoms with Gasteiger partial charge in [0.15, 0.2) is 0 Å². The molecule has 1 aromatic carbocycles. The number of benzene rings is 1. The number of hydrogen-bond acceptors (Lipinski definition) is 4. The van der Waals surface area contributed by atoms with E-state index >= 15 is 0 Å². The van der Waals surface area contributed by atoms with Gasteiger partial charge in [-0.3, -0.25) is 14.1 Å². The van der Waals surface area contributed by atoms with Crippen molar-refractivity contribution >= 4 is 17.2 Å². The monoisotopic (exact) mass is 357 g/mol. The predicted molar refractivity (Wildman–Crippen MR) is 98.9 cm³/mol. The summed E-state index contributed by atoms with van der Waals surface area (Å²) in [7, 11) is 1.69. The van der Waals surface area contributed by atoms with Gasteiger partial charge in [0.1, 0.15) is 5.65 Å². The number of methoxy groups -OCH3 is 1. The largest absolute Gasteiger partial charge is 0.383 e. The summed E-state index contributed by atoms with van der Waals surface area (Å²) in [5, 5.41) is 0.509. The van der Waals surface area contributed by atoms with Crippen LogP contribution in [0.5, 0.6) is 0 Å². The molecule has 0 spiro atoms. The minimum Gasteiger partial charge on any atom is -0.383 e. The lowest BCUT2D eigenvalue weighted by atomic mass is 10.2. The zero-order valence-electron chi connectivity index (χ0n) is 14.1. The Morgan fingerprint density at radius 3 is 2.72 bits per heavy atom. The molecule has 0 unspecified atom stereocenters. The first-order chi connectivity index (χ1) is 12.2. The van der Waals surface area contributed by atoms with E-state index in [1.807, 2.05) is 18.2 Å². The van der Waals surface area contributed by atoms with Crippen LogP contribution in [0.1, 0.15) is 11.3 Å². The van der Waals surface area contributed by atoms with E-state index in [0.717, 1.165) is 18.8 Å². The SMILES string of the molecule is COCCN(Cc1ccccc1)Cc1cc(=O)n2cc(Cl)ccc2n1. The van der Waals surface area contributed by atoms with E-state index < -0.39 is 0 Å². The van der Waals surface area contributed by atoms with Crippen molar-refractivity contribution < 1.29 is 4.74 Å². The summed E-state index contributed by atoms with van der Waals surface area (Å²) < 4.78 is 6.67. The van der Waals surface area contributed by atoms with E-state index in [1.54, 1.807) is 31.5 Å². The molecular weight excluding hydrogens is 338 g/mol. The van der Waals surface area contributed by atoms with Crippen LogP contribution in [0.4, 0.5) is 0 Å². The number of pyridine rings is 1. The molecule has 2 heterocycles. The molecule has 0 bridgehead atoms. The van der Waals surface area contributed by atoms with E-state index in [0.29, 0.717) is 23.8 Å². The van der Waals surface area contributed by atoms with Gasteiger partial charge in [-0.2, -0.15) is 0 Å². The lowest BCUT2D eigenvalue weighted by Crippen LogP contribution is -2.28. The van der Waals surface area contributed by atoms with E-state index in [-0.39, 0.29) is 5.56 Å². The molecular formula is C19H20ClN3O2. The molecule has 0 atom stereocenters. The maximum atomic E-state index is 12.3. The molecule has 0 saturated carbocycles. The smallest absolute Gasteiger partial charge is 0.258 e. The van der Waals surface area contributed by atoms with Crippen molar-refractivity contribution in [2.24, 2.45) is 0 Å². The Labute approximate surface area is 151 Å². The number of rotatable bonds is 7. The lowest BCUT2D eigenvalue weighted by Gasteiger charge is -2.21. The zero-order chi connectivity index (χ0) is 17.6. The van der Waals surface area contributed by atoms with E-state index in [2.05, 4.69) is 22.0 Å².